The Morgan fingerprint density at radius 2 is 1.73 bits per heavy atom. The van der Waals surface area contributed by atoms with Crippen molar-refractivity contribution in [3.63, 3.8) is 0 Å². The number of fused-ring (bicyclic) bond motifs is 7. The largest absolute Gasteiger partial charge is 0.507 e. The van der Waals surface area contributed by atoms with Crippen molar-refractivity contribution in [3.05, 3.63) is 60.3 Å². The van der Waals surface area contributed by atoms with Crippen molar-refractivity contribution in [2.75, 3.05) is 24.6 Å². The average molecular weight is 608 g/mol. The minimum absolute atomic E-state index is 0.0405. The van der Waals surface area contributed by atoms with Crippen molar-refractivity contribution in [1.82, 2.24) is 20.3 Å². The van der Waals surface area contributed by atoms with Crippen molar-refractivity contribution in [2.45, 2.75) is 63.5 Å². The summed E-state index contributed by atoms with van der Waals surface area (Å²) in [6.07, 6.45) is 18.0. The topological polar surface area (TPSA) is 83.4 Å². The van der Waals surface area contributed by atoms with E-state index in [0.29, 0.717) is 40.7 Å². The van der Waals surface area contributed by atoms with Crippen LogP contribution < -0.4 is 15.0 Å². The zero-order valence-electron chi connectivity index (χ0n) is 25.1. The van der Waals surface area contributed by atoms with Gasteiger partial charge in [-0.15, -0.1) is 13.0 Å². The highest BCUT2D eigenvalue weighted by atomic mass is 19.1. The number of aromatic hydroxyl groups is 1. The molecule has 0 unspecified atom stereocenters. The van der Waals surface area contributed by atoms with Gasteiger partial charge in [0.05, 0.1) is 23.1 Å². The Morgan fingerprint density at radius 3 is 2.42 bits per heavy atom. The molecule has 2 aliphatic heterocycles. The van der Waals surface area contributed by atoms with E-state index >= 15 is 4.39 Å². The molecule has 3 saturated carbocycles. The highest BCUT2D eigenvalue weighted by Gasteiger charge is 2.47. The quantitative estimate of drug-likeness (QED) is 0.187. The maximum absolute atomic E-state index is 16.8. The number of nitrogens with one attached hydrogen (secondary N) is 1. The predicted molar refractivity (Wildman–Crippen MR) is 170 cm³/mol. The number of phenols is 1. The molecule has 2 aromatic heterocycles. The number of anilines is 1. The number of benzene rings is 2. The Balaban J connectivity index is 1.24. The first-order chi connectivity index (χ1) is 21.8. The van der Waals surface area contributed by atoms with E-state index in [9.17, 15) is 9.50 Å². The summed E-state index contributed by atoms with van der Waals surface area (Å²) in [5.74, 6) is 1.50. The van der Waals surface area contributed by atoms with Crippen LogP contribution in [-0.4, -0.2) is 51.8 Å². The molecule has 4 heterocycles. The molecule has 0 radical (unpaired) electrons. The van der Waals surface area contributed by atoms with Gasteiger partial charge in [-0.1, -0.05) is 18.1 Å². The fourth-order valence-corrected chi connectivity index (χ4v) is 8.27. The zero-order valence-corrected chi connectivity index (χ0v) is 25.1. The lowest BCUT2D eigenvalue weighted by molar-refractivity contribution is -0.0145. The van der Waals surface area contributed by atoms with Gasteiger partial charge in [-0.3, -0.25) is 4.98 Å². The second kappa shape index (κ2) is 10.4. The van der Waals surface area contributed by atoms with Crippen molar-refractivity contribution < 1.29 is 18.6 Å². The van der Waals surface area contributed by atoms with Crippen LogP contribution in [0.5, 0.6) is 11.8 Å². The number of aromatic nitrogens is 3. The zero-order chi connectivity index (χ0) is 30.9. The Morgan fingerprint density at radius 1 is 1.02 bits per heavy atom. The first-order valence-electron chi connectivity index (χ1n) is 15.9. The molecule has 0 spiro atoms. The van der Waals surface area contributed by atoms with Crippen molar-refractivity contribution in [2.24, 2.45) is 10.8 Å². The fraction of sp³-hybridized carbons (Fsp3) is 0.417. The summed E-state index contributed by atoms with van der Waals surface area (Å²) in [7, 11) is 0. The lowest BCUT2D eigenvalue weighted by Crippen LogP contribution is -2.51. The smallest absolute Gasteiger partial charge is 0.319 e. The number of hydrogen-bond donors (Lipinski definition) is 2. The van der Waals surface area contributed by atoms with E-state index in [1.807, 2.05) is 0 Å². The van der Waals surface area contributed by atoms with Gasteiger partial charge in [0.1, 0.15) is 28.6 Å². The molecule has 45 heavy (non-hydrogen) atoms. The van der Waals surface area contributed by atoms with Gasteiger partial charge in [-0.2, -0.15) is 9.97 Å². The molecule has 9 heteroatoms. The van der Waals surface area contributed by atoms with Crippen LogP contribution in [0, 0.1) is 34.8 Å². The highest BCUT2D eigenvalue weighted by Crippen LogP contribution is 2.57. The predicted octanol–water partition coefficient (Wildman–Crippen LogP) is 6.66. The molecule has 2 atom stereocenters. The second-order valence-electron chi connectivity index (χ2n) is 13.5. The summed E-state index contributed by atoms with van der Waals surface area (Å²) < 4.78 is 37.7. The highest BCUT2D eigenvalue weighted by molar-refractivity contribution is 6.03. The van der Waals surface area contributed by atoms with Crippen LogP contribution in [-0.2, 0) is 0 Å². The number of hydrogen-bond acceptors (Lipinski definition) is 7. The van der Waals surface area contributed by atoms with E-state index in [4.69, 9.17) is 16.1 Å². The molecular formula is C36H35F2N5O2. The van der Waals surface area contributed by atoms with Crippen LogP contribution in [0.3, 0.4) is 0 Å². The van der Waals surface area contributed by atoms with Crippen LogP contribution in [0.15, 0.2) is 43.1 Å². The van der Waals surface area contributed by atoms with Crippen molar-refractivity contribution in [3.8, 4) is 35.4 Å². The normalized spacial score (nSPS) is 27.2. The molecule has 230 valence electrons. The molecule has 5 aliphatic rings. The first kappa shape index (κ1) is 28.2. The summed E-state index contributed by atoms with van der Waals surface area (Å²) in [6, 6.07) is 6.43. The number of ether oxygens (including phenoxy) is 1. The number of halogens is 2. The van der Waals surface area contributed by atoms with Crippen LogP contribution in [0.4, 0.5) is 14.6 Å². The van der Waals surface area contributed by atoms with Crippen molar-refractivity contribution in [1.29, 1.82) is 0 Å². The molecule has 2 N–H and O–H groups in total. The number of pyridine rings is 1. The van der Waals surface area contributed by atoms with Gasteiger partial charge in [-0.05, 0) is 80.4 Å². The Labute approximate surface area is 260 Å². The standard InChI is InChI=1S/C36H35F2N5O2/c1-3-23-24-8-10-28(44)29(25(24)7-9-27(23)37)32-30(38)31-26(17-39-32)33(43-18-21-5-6-22(19-43)40-21)42-34(41-31)45-20-36-14-11-35(4-2,12-15-36)13-16-36/h1,4,7-10,17,21-22,40,44H,2,5-6,11-16,18-20H2/t21-,22+,35?,36?. The third kappa shape index (κ3) is 4.53. The molecular weight excluding hydrogens is 572 g/mol. The monoisotopic (exact) mass is 607 g/mol. The number of phenolic OH excluding ortho intramolecular Hbond substituents is 1. The van der Waals surface area contributed by atoms with E-state index < -0.39 is 11.6 Å². The lowest BCUT2D eigenvalue weighted by atomic mass is 9.54. The number of nitrogens with zero attached hydrogens (tertiary/aromatic N) is 4. The molecule has 4 aromatic rings. The maximum Gasteiger partial charge on any atom is 0.319 e. The maximum atomic E-state index is 16.8. The molecule has 7 nitrogen and oxygen atoms in total. The summed E-state index contributed by atoms with van der Waals surface area (Å²) >= 11 is 0. The molecule has 2 aromatic carbocycles. The lowest BCUT2D eigenvalue weighted by Gasteiger charge is -2.52. The van der Waals surface area contributed by atoms with Crippen LogP contribution in [0.1, 0.15) is 56.9 Å². The summed E-state index contributed by atoms with van der Waals surface area (Å²) in [5.41, 5.74) is 0.437. The van der Waals surface area contributed by atoms with Gasteiger partial charge < -0.3 is 20.1 Å². The fourth-order valence-electron chi connectivity index (χ4n) is 8.27. The van der Waals surface area contributed by atoms with Crippen molar-refractivity contribution >= 4 is 27.5 Å². The molecule has 9 rings (SSSR count). The van der Waals surface area contributed by atoms with Crippen LogP contribution in [0.2, 0.25) is 0 Å². The van der Waals surface area contributed by atoms with Crippen LogP contribution in [0.25, 0.3) is 32.9 Å². The number of rotatable bonds is 6. The van der Waals surface area contributed by atoms with E-state index in [-0.39, 0.29) is 44.9 Å². The Bertz CT molecular complexity index is 1880. The number of terminal acetylenes is 1. The van der Waals surface area contributed by atoms with Gasteiger partial charge in [-0.25, -0.2) is 8.78 Å². The van der Waals surface area contributed by atoms with E-state index in [0.717, 1.165) is 64.5 Å². The number of piperazine rings is 1. The Hall–Kier alpha value is -4.29. The summed E-state index contributed by atoms with van der Waals surface area (Å²) in [6.45, 7) is 6.05. The first-order valence-corrected chi connectivity index (χ1v) is 15.9. The Kier molecular flexibility index (Phi) is 6.51. The molecule has 2 saturated heterocycles. The SMILES string of the molecule is C#Cc1c(F)ccc2c(-c3ncc4c(N5C[C@H]6CC[C@@H](C5)N6)nc(OCC56CCC(C=C)(CC5)CC6)nc4c3F)c(O)ccc12. The van der Waals surface area contributed by atoms with Crippen LogP contribution >= 0.6 is 0 Å². The molecule has 5 fully saturated rings. The van der Waals surface area contributed by atoms with E-state index in [2.05, 4.69) is 38.8 Å². The minimum atomic E-state index is -0.710. The van der Waals surface area contributed by atoms with E-state index in [1.54, 1.807) is 6.20 Å². The molecule has 3 aliphatic carbocycles. The second-order valence-corrected chi connectivity index (χ2v) is 13.5. The third-order valence-electron chi connectivity index (χ3n) is 11.1. The van der Waals surface area contributed by atoms with Gasteiger partial charge in [0.15, 0.2) is 5.82 Å². The molecule has 0 amide bonds. The summed E-state index contributed by atoms with van der Waals surface area (Å²) in [5, 5.41) is 15.9. The molecule has 4 bridgehead atoms. The average Bonchev–Trinajstić information content (AvgIpc) is 3.41. The number of allylic oxidation sites excluding steroid dienone is 1. The van der Waals surface area contributed by atoms with E-state index in [1.165, 1.54) is 24.3 Å². The minimum Gasteiger partial charge on any atom is -0.507 e. The summed E-state index contributed by atoms with van der Waals surface area (Å²) in [4.78, 5) is 16.2. The third-order valence-corrected chi connectivity index (χ3v) is 11.1. The van der Waals surface area contributed by atoms with Gasteiger partial charge >= 0.3 is 6.01 Å². The van der Waals surface area contributed by atoms with Gasteiger partial charge in [0, 0.05) is 42.2 Å². The van der Waals surface area contributed by atoms with Gasteiger partial charge in [0.25, 0.3) is 0 Å². The van der Waals surface area contributed by atoms with Gasteiger partial charge in [0.2, 0.25) is 0 Å².